The fraction of sp³-hybridized carbons (Fsp3) is 0.500. The van der Waals surface area contributed by atoms with Gasteiger partial charge in [-0.1, -0.05) is 95.3 Å². The van der Waals surface area contributed by atoms with Crippen LogP contribution in [0.2, 0.25) is 0 Å². The van der Waals surface area contributed by atoms with E-state index in [2.05, 4.69) is 41.5 Å². The van der Waals surface area contributed by atoms with Gasteiger partial charge in [-0.15, -0.1) is 0 Å². The van der Waals surface area contributed by atoms with E-state index in [1.165, 1.54) is 0 Å². The second-order valence-corrected chi connectivity index (χ2v) is 14.2. The number of benzene rings is 2. The van der Waals surface area contributed by atoms with Crippen molar-refractivity contribution in [3.8, 4) is 12.1 Å². The summed E-state index contributed by atoms with van der Waals surface area (Å²) in [5.41, 5.74) is 0.803. The molecule has 2 heterocycles. The smallest absolute Gasteiger partial charge is 0.356 e. The normalized spacial score (nSPS) is 24.4. The van der Waals surface area contributed by atoms with E-state index in [4.69, 9.17) is 0 Å². The number of hydrogen-bond donors (Lipinski definition) is 2. The van der Waals surface area contributed by atoms with E-state index in [1.807, 2.05) is 81.4 Å². The Morgan fingerprint density at radius 2 is 1.67 bits per heavy atom. The Bertz CT molecular complexity index is 1520. The molecule has 2 N–H and O–H groups in total. The lowest BCUT2D eigenvalue weighted by molar-refractivity contribution is -0.144. The fourth-order valence-electron chi connectivity index (χ4n) is 7.12. The van der Waals surface area contributed by atoms with Gasteiger partial charge in [-0.05, 0) is 46.6 Å². The number of fused-ring (bicyclic) bond motifs is 1. The van der Waals surface area contributed by atoms with Crippen molar-refractivity contribution in [2.45, 2.75) is 65.5 Å². The van der Waals surface area contributed by atoms with Crippen molar-refractivity contribution in [3.63, 3.8) is 0 Å². The number of nitrogens with zero attached hydrogens (tertiary/aromatic N) is 3. The van der Waals surface area contributed by atoms with Gasteiger partial charge >= 0.3 is 12.0 Å². The van der Waals surface area contributed by atoms with Crippen LogP contribution < -0.4 is 10.6 Å². The zero-order valence-electron chi connectivity index (χ0n) is 26.6. The van der Waals surface area contributed by atoms with Gasteiger partial charge in [0.2, 0.25) is 17.7 Å². The standard InChI is InChI=1S/C36H41N5O4/c1-35(2,3)26(20-39-32(43)28(22-12-8-6-9-13-22)23-14-10-7-11-15-23)34(45)41-21-27-29(36(27,4)5)30(41)33(44)40-25(19-37)18-24-16-17-38-31(24)42/h6-15,24-30H,16-18,21H2,1-5H3,(H-,38,40,42,44)/p+1/t24-,25-,26?,27-,29?,30-/m0/s1. The predicted molar refractivity (Wildman–Crippen MR) is 169 cm³/mol. The van der Waals surface area contributed by atoms with E-state index < -0.39 is 35.2 Å². The molecule has 1 aliphatic carbocycles. The number of nitriles is 1. The summed E-state index contributed by atoms with van der Waals surface area (Å²) in [4.78, 5) is 59.7. The summed E-state index contributed by atoms with van der Waals surface area (Å²) in [6.45, 7) is 10.8. The van der Waals surface area contributed by atoms with E-state index in [1.54, 1.807) is 4.90 Å². The predicted octanol–water partition coefficient (Wildman–Crippen LogP) is 4.36. The van der Waals surface area contributed by atoms with Crippen LogP contribution in [0.15, 0.2) is 60.7 Å². The third-order valence-corrected chi connectivity index (χ3v) is 9.85. The van der Waals surface area contributed by atoms with Crippen molar-refractivity contribution < 1.29 is 19.2 Å². The molecule has 1 saturated carbocycles. The molecule has 5 rings (SSSR count). The number of hydrogen-bond acceptors (Lipinski definition) is 5. The van der Waals surface area contributed by atoms with E-state index >= 15 is 0 Å². The second-order valence-electron chi connectivity index (χ2n) is 14.2. The van der Waals surface area contributed by atoms with Gasteiger partial charge in [0.05, 0.1) is 6.07 Å². The Hall–Kier alpha value is -4.50. The lowest BCUT2D eigenvalue weighted by atomic mass is 9.80. The zero-order valence-corrected chi connectivity index (χ0v) is 26.6. The van der Waals surface area contributed by atoms with E-state index in [0.29, 0.717) is 19.5 Å². The van der Waals surface area contributed by atoms with Crippen LogP contribution in [0.25, 0.3) is 4.85 Å². The van der Waals surface area contributed by atoms with Gasteiger partial charge in [-0.25, -0.2) is 0 Å². The molecule has 0 radical (unpaired) electrons. The van der Waals surface area contributed by atoms with Crippen molar-refractivity contribution in [1.29, 1.82) is 5.26 Å². The summed E-state index contributed by atoms with van der Waals surface area (Å²) in [5.74, 6) is -3.04. The SMILES string of the molecule is CC(C)(C)C(C#[N+]C(=O)C(c1ccccc1)c1ccccc1)C(=O)N1C[C@H]2C([C@H]1C(=O)N[C@H](C#N)C[C@@H]1CCNC1=O)C2(C)C. The van der Waals surface area contributed by atoms with Crippen LogP contribution in [0.3, 0.4) is 0 Å². The van der Waals surface area contributed by atoms with Crippen LogP contribution >= 0.6 is 0 Å². The molecule has 2 aromatic carbocycles. The minimum atomic E-state index is -0.890. The minimum absolute atomic E-state index is 0.0599. The Balaban J connectivity index is 1.39. The molecule has 0 aromatic heterocycles. The third-order valence-electron chi connectivity index (χ3n) is 9.85. The van der Waals surface area contributed by atoms with E-state index in [0.717, 1.165) is 11.1 Å². The number of rotatable bonds is 8. The molecule has 3 aliphatic rings. The van der Waals surface area contributed by atoms with Crippen molar-refractivity contribution in [2.75, 3.05) is 13.1 Å². The molecule has 45 heavy (non-hydrogen) atoms. The van der Waals surface area contributed by atoms with Gasteiger partial charge in [0, 0.05) is 23.9 Å². The summed E-state index contributed by atoms with van der Waals surface area (Å²) in [6.07, 6.45) is 0.846. The van der Waals surface area contributed by atoms with Gasteiger partial charge in [0.1, 0.15) is 12.1 Å². The monoisotopic (exact) mass is 608 g/mol. The molecule has 9 heteroatoms. The number of piperidine rings is 1. The molecular weight excluding hydrogens is 566 g/mol. The molecule has 2 unspecified atom stereocenters. The van der Waals surface area contributed by atoms with Gasteiger partial charge in [0.25, 0.3) is 0 Å². The minimum Gasteiger partial charge on any atom is -0.356 e. The average molecular weight is 609 g/mol. The Labute approximate surface area is 265 Å². The van der Waals surface area contributed by atoms with Crippen LogP contribution in [0.5, 0.6) is 0 Å². The molecule has 6 atom stereocenters. The van der Waals surface area contributed by atoms with Crippen LogP contribution in [-0.4, -0.2) is 53.7 Å². The van der Waals surface area contributed by atoms with Gasteiger partial charge in [-0.3, -0.25) is 14.4 Å². The Kier molecular flexibility index (Phi) is 8.85. The van der Waals surface area contributed by atoms with Crippen molar-refractivity contribution in [2.24, 2.45) is 34.5 Å². The lowest BCUT2D eigenvalue weighted by Crippen LogP contribution is -2.54. The van der Waals surface area contributed by atoms with Crippen LogP contribution in [0.4, 0.5) is 0 Å². The third kappa shape index (κ3) is 6.49. The number of carbonyl (C=O) groups is 4. The van der Waals surface area contributed by atoms with E-state index in [-0.39, 0.29) is 47.3 Å². The first-order valence-electron chi connectivity index (χ1n) is 15.7. The first-order chi connectivity index (χ1) is 21.3. The first-order valence-corrected chi connectivity index (χ1v) is 15.7. The van der Waals surface area contributed by atoms with E-state index in [9.17, 15) is 24.4 Å². The second kappa shape index (κ2) is 12.5. The van der Waals surface area contributed by atoms with Crippen molar-refractivity contribution >= 4 is 23.6 Å². The molecule has 2 aliphatic heterocycles. The van der Waals surface area contributed by atoms with Gasteiger partial charge in [0.15, 0.2) is 11.8 Å². The number of carbonyl (C=O) groups excluding carboxylic acids is 4. The maximum atomic E-state index is 14.3. The highest BCUT2D eigenvalue weighted by atomic mass is 16.2. The Morgan fingerprint density at radius 3 is 2.18 bits per heavy atom. The summed E-state index contributed by atoms with van der Waals surface area (Å²) >= 11 is 0. The average Bonchev–Trinajstić information content (AvgIpc) is 3.34. The maximum absolute atomic E-state index is 14.3. The largest absolute Gasteiger partial charge is 0.526 e. The fourth-order valence-corrected chi connectivity index (χ4v) is 7.12. The molecule has 2 saturated heterocycles. The molecule has 2 aromatic rings. The van der Waals surface area contributed by atoms with Crippen molar-refractivity contribution in [1.82, 2.24) is 15.5 Å². The first kappa shape index (κ1) is 31.9. The highest BCUT2D eigenvalue weighted by Gasteiger charge is 2.70. The maximum Gasteiger partial charge on any atom is 0.526 e. The highest BCUT2D eigenvalue weighted by molar-refractivity contribution is 5.97. The zero-order chi connectivity index (χ0) is 32.5. The van der Waals surface area contributed by atoms with Gasteiger partial charge < -0.3 is 15.5 Å². The van der Waals surface area contributed by atoms with Crippen molar-refractivity contribution in [3.05, 3.63) is 76.6 Å². The molecule has 0 bridgehead atoms. The molecule has 3 fully saturated rings. The lowest BCUT2D eigenvalue weighted by Gasteiger charge is -2.34. The molecule has 234 valence electrons. The van der Waals surface area contributed by atoms with Crippen LogP contribution in [0.1, 0.15) is 64.5 Å². The molecule has 4 amide bonds. The highest BCUT2D eigenvalue weighted by Crippen LogP contribution is 2.65. The molecule has 0 spiro atoms. The number of likely N-dealkylation sites (tertiary alicyclic amines) is 1. The topological polar surface area (TPSA) is 124 Å². The summed E-state index contributed by atoms with van der Waals surface area (Å²) in [7, 11) is 0. The quantitative estimate of drug-likeness (QED) is 0.461. The Morgan fingerprint density at radius 1 is 1.07 bits per heavy atom. The van der Waals surface area contributed by atoms with Gasteiger partial charge in [-0.2, -0.15) is 10.1 Å². The van der Waals surface area contributed by atoms with Crippen LogP contribution in [-0.2, 0) is 19.2 Å². The number of amides is 4. The summed E-state index contributed by atoms with van der Waals surface area (Å²) < 4.78 is 0. The molecule has 9 nitrogen and oxygen atoms in total. The van der Waals surface area contributed by atoms with Crippen LogP contribution in [0, 0.1) is 51.9 Å². The summed E-state index contributed by atoms with van der Waals surface area (Å²) in [6, 6.07) is 22.2. The number of nitrogens with one attached hydrogen (secondary N) is 2. The molecular formula is C36H42N5O4+. The summed E-state index contributed by atoms with van der Waals surface area (Å²) in [5, 5.41) is 15.4.